The number of aromatic nitrogens is 1. The Morgan fingerprint density at radius 1 is 1.18 bits per heavy atom. The number of carbonyl (C=O) groups is 2. The lowest BCUT2D eigenvalue weighted by Gasteiger charge is -2.25. The molecular formula is C26H27FN4O6S2. The van der Waals surface area contributed by atoms with E-state index in [0.29, 0.717) is 11.3 Å². The van der Waals surface area contributed by atoms with Gasteiger partial charge in [-0.2, -0.15) is 5.26 Å². The van der Waals surface area contributed by atoms with Gasteiger partial charge in [0.25, 0.3) is 10.0 Å². The molecule has 0 aliphatic carbocycles. The number of nitrogens with one attached hydrogen (secondary N) is 1. The highest BCUT2D eigenvalue weighted by Crippen LogP contribution is 2.34. The van der Waals surface area contributed by atoms with Crippen molar-refractivity contribution in [3.63, 3.8) is 0 Å². The molecule has 10 nitrogen and oxygen atoms in total. The number of benzene rings is 2. The molecule has 0 saturated heterocycles. The van der Waals surface area contributed by atoms with E-state index in [9.17, 15) is 22.4 Å². The molecule has 3 aromatic rings. The molecule has 0 saturated carbocycles. The average molecular weight is 575 g/mol. The zero-order valence-electron chi connectivity index (χ0n) is 21.7. The minimum atomic E-state index is -4.45. The number of amides is 1. The average Bonchev–Trinajstić information content (AvgIpc) is 3.36. The fourth-order valence-electron chi connectivity index (χ4n) is 3.31. The lowest BCUT2D eigenvalue weighted by atomic mass is 10.2. The number of sulfonamides is 1. The maximum absolute atomic E-state index is 14.9. The maximum Gasteiger partial charge on any atom is 0.360 e. The van der Waals surface area contributed by atoms with Gasteiger partial charge in [0.05, 0.1) is 35.8 Å². The van der Waals surface area contributed by atoms with Gasteiger partial charge < -0.3 is 14.8 Å². The second-order valence-electron chi connectivity index (χ2n) is 9.22. The van der Waals surface area contributed by atoms with E-state index in [2.05, 4.69) is 10.3 Å². The van der Waals surface area contributed by atoms with Crippen LogP contribution in [0.3, 0.4) is 0 Å². The molecule has 0 aliphatic heterocycles. The molecule has 39 heavy (non-hydrogen) atoms. The number of methoxy groups -OCH3 is 1. The standard InChI is InChI=1S/C26H27FN4O6S2/c1-26(2,3)37-25(33)23-24(38-16-29-23)31(15-17-7-9-18(36-4)10-8-17)39(34,35)19-11-12-21(20(27)14-19)30-22(32)6-5-13-28/h7-12,14,16H,5-6,15H2,1-4H3,(H,30,32). The Morgan fingerprint density at radius 3 is 2.46 bits per heavy atom. The van der Waals surface area contributed by atoms with E-state index >= 15 is 0 Å². The molecule has 13 heteroatoms. The molecule has 2 aromatic carbocycles. The third-order valence-corrected chi connectivity index (χ3v) is 7.82. The summed E-state index contributed by atoms with van der Waals surface area (Å²) in [6.45, 7) is 4.81. The van der Waals surface area contributed by atoms with Crippen molar-refractivity contribution < 1.29 is 31.9 Å². The van der Waals surface area contributed by atoms with Crippen molar-refractivity contribution in [2.45, 2.75) is 50.7 Å². The fourth-order valence-corrected chi connectivity index (χ4v) is 5.80. The third kappa shape index (κ3) is 7.52. The van der Waals surface area contributed by atoms with Gasteiger partial charge in [-0.15, -0.1) is 11.3 Å². The first-order chi connectivity index (χ1) is 18.4. The van der Waals surface area contributed by atoms with E-state index < -0.39 is 38.2 Å². The summed E-state index contributed by atoms with van der Waals surface area (Å²) >= 11 is 0.917. The molecule has 0 unspecified atom stereocenters. The number of nitrogens with zero attached hydrogens (tertiary/aromatic N) is 3. The summed E-state index contributed by atoms with van der Waals surface area (Å²) in [5.41, 5.74) is 0.601. The fraction of sp³-hybridized carbons (Fsp3) is 0.308. The van der Waals surface area contributed by atoms with Crippen LogP contribution in [0.25, 0.3) is 0 Å². The Hall–Kier alpha value is -4.02. The largest absolute Gasteiger partial charge is 0.497 e. The highest BCUT2D eigenvalue weighted by molar-refractivity contribution is 7.93. The van der Waals surface area contributed by atoms with E-state index in [1.165, 1.54) is 12.6 Å². The number of halogens is 1. The van der Waals surface area contributed by atoms with Crippen LogP contribution in [0, 0.1) is 17.1 Å². The maximum atomic E-state index is 14.9. The van der Waals surface area contributed by atoms with E-state index in [4.69, 9.17) is 14.7 Å². The van der Waals surface area contributed by atoms with Crippen molar-refractivity contribution in [1.82, 2.24) is 4.98 Å². The molecule has 3 rings (SSSR count). The number of esters is 1. The van der Waals surface area contributed by atoms with Crippen molar-refractivity contribution in [3.8, 4) is 11.8 Å². The van der Waals surface area contributed by atoms with Crippen LogP contribution in [0.1, 0.15) is 49.7 Å². The van der Waals surface area contributed by atoms with Gasteiger partial charge >= 0.3 is 5.97 Å². The topological polar surface area (TPSA) is 139 Å². The predicted molar refractivity (Wildman–Crippen MR) is 144 cm³/mol. The first kappa shape index (κ1) is 29.5. The van der Waals surface area contributed by atoms with E-state index in [-0.39, 0.29) is 35.8 Å². The first-order valence-electron chi connectivity index (χ1n) is 11.6. The van der Waals surface area contributed by atoms with Crippen LogP contribution in [0.4, 0.5) is 15.1 Å². The molecule has 1 N–H and O–H groups in total. The molecule has 0 atom stereocenters. The van der Waals surface area contributed by atoms with Gasteiger partial charge in [0.1, 0.15) is 22.2 Å². The van der Waals surface area contributed by atoms with Crippen LogP contribution >= 0.6 is 11.3 Å². The van der Waals surface area contributed by atoms with Crippen LogP contribution < -0.4 is 14.4 Å². The van der Waals surface area contributed by atoms with Gasteiger partial charge in [-0.3, -0.25) is 9.10 Å². The summed E-state index contributed by atoms with van der Waals surface area (Å²) in [6, 6.07) is 11.5. The highest BCUT2D eigenvalue weighted by Gasteiger charge is 2.33. The Kier molecular flexibility index (Phi) is 9.26. The second-order valence-corrected chi connectivity index (χ2v) is 11.9. The number of ether oxygens (including phenoxy) is 2. The lowest BCUT2D eigenvalue weighted by molar-refractivity contribution is -0.116. The highest BCUT2D eigenvalue weighted by atomic mass is 32.2. The Bertz CT molecular complexity index is 1490. The molecule has 206 valence electrons. The van der Waals surface area contributed by atoms with Crippen LogP contribution in [0.5, 0.6) is 5.75 Å². The van der Waals surface area contributed by atoms with Crippen LogP contribution in [-0.2, 0) is 26.1 Å². The SMILES string of the molecule is COc1ccc(CN(c2scnc2C(=O)OC(C)(C)C)S(=O)(=O)c2ccc(NC(=O)CCC#N)c(F)c2)cc1. The Balaban J connectivity index is 2.04. The van der Waals surface area contributed by atoms with Gasteiger partial charge in [0.2, 0.25) is 5.91 Å². The molecule has 0 fully saturated rings. The molecule has 0 radical (unpaired) electrons. The summed E-state index contributed by atoms with van der Waals surface area (Å²) in [7, 11) is -2.95. The van der Waals surface area contributed by atoms with Crippen LogP contribution in [0.15, 0.2) is 52.9 Å². The summed E-state index contributed by atoms with van der Waals surface area (Å²) in [6.07, 6.45) is -0.181. The number of hydrogen-bond donors (Lipinski definition) is 1. The molecule has 1 aromatic heterocycles. The van der Waals surface area contributed by atoms with Gasteiger partial charge in [0, 0.05) is 12.8 Å². The van der Waals surface area contributed by atoms with E-state index in [1.807, 2.05) is 6.07 Å². The van der Waals surface area contributed by atoms with Gasteiger partial charge in [0.15, 0.2) is 5.69 Å². The monoisotopic (exact) mass is 574 g/mol. The van der Waals surface area contributed by atoms with Crippen molar-refractivity contribution >= 4 is 43.9 Å². The molecule has 1 heterocycles. The lowest BCUT2D eigenvalue weighted by Crippen LogP contribution is -2.32. The smallest absolute Gasteiger partial charge is 0.360 e. The van der Waals surface area contributed by atoms with E-state index in [1.54, 1.807) is 45.0 Å². The number of hydrogen-bond acceptors (Lipinski definition) is 9. The van der Waals surface area contributed by atoms with Gasteiger partial charge in [-0.1, -0.05) is 12.1 Å². The van der Waals surface area contributed by atoms with Crippen molar-refractivity contribution in [3.05, 3.63) is 65.0 Å². The van der Waals surface area contributed by atoms with Crippen molar-refractivity contribution in [1.29, 1.82) is 5.26 Å². The van der Waals surface area contributed by atoms with Crippen LogP contribution in [-0.4, -0.2) is 38.0 Å². The molecule has 0 aliphatic rings. The zero-order valence-corrected chi connectivity index (χ0v) is 23.4. The minimum absolute atomic E-state index is 0.00522. The normalized spacial score (nSPS) is 11.4. The zero-order chi connectivity index (χ0) is 28.8. The Morgan fingerprint density at radius 2 is 1.87 bits per heavy atom. The molecule has 0 spiro atoms. The van der Waals surface area contributed by atoms with Crippen molar-refractivity contribution in [2.24, 2.45) is 0 Å². The summed E-state index contributed by atoms with van der Waals surface area (Å²) in [4.78, 5) is 28.4. The molecule has 0 bridgehead atoms. The summed E-state index contributed by atoms with van der Waals surface area (Å²) in [5.74, 6) is -1.81. The number of anilines is 2. The number of carbonyl (C=O) groups excluding carboxylic acids is 2. The number of thiazole rings is 1. The van der Waals surface area contributed by atoms with E-state index in [0.717, 1.165) is 33.8 Å². The second kappa shape index (κ2) is 12.2. The van der Waals surface area contributed by atoms with Gasteiger partial charge in [-0.05, 0) is 56.7 Å². The van der Waals surface area contributed by atoms with Crippen LogP contribution in [0.2, 0.25) is 0 Å². The predicted octanol–water partition coefficient (Wildman–Crippen LogP) is 4.88. The summed E-state index contributed by atoms with van der Waals surface area (Å²) in [5, 5.41) is 10.9. The summed E-state index contributed by atoms with van der Waals surface area (Å²) < 4.78 is 54.2. The number of rotatable bonds is 10. The number of nitriles is 1. The Labute approximate surface area is 230 Å². The third-order valence-electron chi connectivity index (χ3n) is 5.12. The quantitative estimate of drug-likeness (QED) is 0.338. The van der Waals surface area contributed by atoms with Crippen molar-refractivity contribution in [2.75, 3.05) is 16.7 Å². The molecule has 1 amide bonds. The molecular weight excluding hydrogens is 547 g/mol. The minimum Gasteiger partial charge on any atom is -0.497 e. The first-order valence-corrected chi connectivity index (χ1v) is 14.0. The van der Waals surface area contributed by atoms with Gasteiger partial charge in [-0.25, -0.2) is 22.6 Å².